The average molecular weight is 306 g/mol. The van der Waals surface area contributed by atoms with Crippen molar-refractivity contribution < 1.29 is 28.9 Å². The fourth-order valence-electron chi connectivity index (χ4n) is 2.52. The van der Waals surface area contributed by atoms with Gasteiger partial charge in [-0.05, 0) is 12.1 Å². The van der Waals surface area contributed by atoms with Gasteiger partial charge < -0.3 is 24.6 Å². The van der Waals surface area contributed by atoms with Crippen LogP contribution in [0.1, 0.15) is 10.4 Å². The SMILES string of the molecule is COC1(OC)C(NC(=O)c2cccnc2O)=CC(=O)C2OC21. The molecule has 2 N–H and O–H groups in total. The highest BCUT2D eigenvalue weighted by atomic mass is 16.7. The summed E-state index contributed by atoms with van der Waals surface area (Å²) in [7, 11) is 2.78. The molecule has 0 saturated carbocycles. The molecule has 2 atom stereocenters. The summed E-state index contributed by atoms with van der Waals surface area (Å²) in [4.78, 5) is 27.7. The number of rotatable bonds is 4. The number of hydrogen-bond acceptors (Lipinski definition) is 7. The lowest BCUT2D eigenvalue weighted by atomic mass is 9.96. The van der Waals surface area contributed by atoms with Crippen molar-refractivity contribution in [3.8, 4) is 5.88 Å². The number of amides is 1. The van der Waals surface area contributed by atoms with Crippen LogP contribution in [0.4, 0.5) is 0 Å². The van der Waals surface area contributed by atoms with E-state index in [9.17, 15) is 14.7 Å². The van der Waals surface area contributed by atoms with Crippen LogP contribution in [-0.2, 0) is 19.0 Å². The van der Waals surface area contributed by atoms with Crippen LogP contribution >= 0.6 is 0 Å². The van der Waals surface area contributed by atoms with Gasteiger partial charge >= 0.3 is 0 Å². The number of ketones is 1. The number of aromatic nitrogens is 1. The average Bonchev–Trinajstić information content (AvgIpc) is 3.30. The second-order valence-electron chi connectivity index (χ2n) is 4.84. The van der Waals surface area contributed by atoms with Gasteiger partial charge in [-0.3, -0.25) is 9.59 Å². The van der Waals surface area contributed by atoms with Crippen LogP contribution in [0.25, 0.3) is 0 Å². The Morgan fingerprint density at radius 2 is 2.18 bits per heavy atom. The predicted octanol–water partition coefficient (Wildman–Crippen LogP) is -0.260. The van der Waals surface area contributed by atoms with E-state index in [0.717, 1.165) is 0 Å². The van der Waals surface area contributed by atoms with Gasteiger partial charge in [-0.2, -0.15) is 0 Å². The summed E-state index contributed by atoms with van der Waals surface area (Å²) >= 11 is 0. The predicted molar refractivity (Wildman–Crippen MR) is 71.9 cm³/mol. The van der Waals surface area contributed by atoms with E-state index in [0.29, 0.717) is 0 Å². The number of hydrogen-bond donors (Lipinski definition) is 2. The maximum atomic E-state index is 12.3. The van der Waals surface area contributed by atoms with E-state index in [2.05, 4.69) is 10.3 Å². The minimum absolute atomic E-state index is 0.0317. The Morgan fingerprint density at radius 3 is 2.82 bits per heavy atom. The first-order chi connectivity index (χ1) is 10.5. The first-order valence-electron chi connectivity index (χ1n) is 6.50. The number of ether oxygens (including phenoxy) is 3. The van der Waals surface area contributed by atoms with Gasteiger partial charge in [-0.15, -0.1) is 0 Å². The van der Waals surface area contributed by atoms with Crippen LogP contribution in [0.5, 0.6) is 5.88 Å². The molecule has 1 aromatic rings. The molecule has 22 heavy (non-hydrogen) atoms. The summed E-state index contributed by atoms with van der Waals surface area (Å²) in [5.41, 5.74) is 0.0882. The summed E-state index contributed by atoms with van der Waals surface area (Å²) < 4.78 is 16.0. The number of methoxy groups -OCH3 is 2. The Kier molecular flexibility index (Phi) is 3.44. The summed E-state index contributed by atoms with van der Waals surface area (Å²) in [6, 6.07) is 2.91. The van der Waals surface area contributed by atoms with Gasteiger partial charge in [0.1, 0.15) is 5.56 Å². The molecule has 0 spiro atoms. The molecule has 8 nitrogen and oxygen atoms in total. The van der Waals surface area contributed by atoms with Crippen molar-refractivity contribution >= 4 is 11.7 Å². The quantitative estimate of drug-likeness (QED) is 0.582. The van der Waals surface area contributed by atoms with Crippen molar-refractivity contribution in [3.05, 3.63) is 35.7 Å². The van der Waals surface area contributed by atoms with E-state index in [1.54, 1.807) is 0 Å². The lowest BCUT2D eigenvalue weighted by Crippen LogP contribution is -2.51. The van der Waals surface area contributed by atoms with E-state index in [-0.39, 0.29) is 17.0 Å². The molecule has 0 radical (unpaired) electrons. The number of carbonyl (C=O) groups excluding carboxylic acids is 2. The molecule has 1 aliphatic heterocycles. The molecule has 2 aliphatic rings. The Morgan fingerprint density at radius 1 is 1.45 bits per heavy atom. The molecule has 1 fully saturated rings. The second-order valence-corrected chi connectivity index (χ2v) is 4.84. The number of aromatic hydroxyl groups is 1. The second kappa shape index (κ2) is 5.16. The monoisotopic (exact) mass is 306 g/mol. The third-order valence-corrected chi connectivity index (χ3v) is 3.69. The van der Waals surface area contributed by atoms with E-state index in [4.69, 9.17) is 14.2 Å². The highest BCUT2D eigenvalue weighted by Crippen LogP contribution is 2.43. The van der Waals surface area contributed by atoms with Gasteiger partial charge in [0.15, 0.2) is 18.0 Å². The largest absolute Gasteiger partial charge is 0.493 e. The zero-order chi connectivity index (χ0) is 15.9. The molecule has 8 heteroatoms. The number of nitrogens with one attached hydrogen (secondary N) is 1. The van der Waals surface area contributed by atoms with Crippen LogP contribution in [0.15, 0.2) is 30.1 Å². The van der Waals surface area contributed by atoms with Crippen LogP contribution in [-0.4, -0.2) is 54.0 Å². The number of epoxide rings is 1. The van der Waals surface area contributed by atoms with E-state index < -0.39 is 29.8 Å². The maximum absolute atomic E-state index is 12.3. The highest BCUT2D eigenvalue weighted by molar-refractivity contribution is 6.01. The zero-order valence-electron chi connectivity index (χ0n) is 11.9. The van der Waals surface area contributed by atoms with Crippen LogP contribution in [0.2, 0.25) is 0 Å². The van der Waals surface area contributed by atoms with Gasteiger partial charge in [0, 0.05) is 26.5 Å². The van der Waals surface area contributed by atoms with Crippen molar-refractivity contribution in [1.29, 1.82) is 0 Å². The van der Waals surface area contributed by atoms with Crippen LogP contribution in [0.3, 0.4) is 0 Å². The molecule has 2 unspecified atom stereocenters. The van der Waals surface area contributed by atoms with Crippen molar-refractivity contribution in [2.75, 3.05) is 14.2 Å². The van der Waals surface area contributed by atoms with E-state index in [1.807, 2.05) is 0 Å². The summed E-state index contributed by atoms with van der Waals surface area (Å²) in [5.74, 6) is -2.70. The molecule has 0 bridgehead atoms. The van der Waals surface area contributed by atoms with Gasteiger partial charge in [0.05, 0.1) is 5.70 Å². The first-order valence-corrected chi connectivity index (χ1v) is 6.50. The fraction of sp³-hybridized carbons (Fsp3) is 0.357. The Hall–Kier alpha value is -2.29. The van der Waals surface area contributed by atoms with Gasteiger partial charge in [0.25, 0.3) is 5.91 Å². The number of pyridine rings is 1. The van der Waals surface area contributed by atoms with Crippen LogP contribution in [0, 0.1) is 0 Å². The highest BCUT2D eigenvalue weighted by Gasteiger charge is 2.64. The first kappa shape index (κ1) is 14.6. The fourth-order valence-corrected chi connectivity index (χ4v) is 2.52. The molecular formula is C14H14N2O6. The summed E-state index contributed by atoms with van der Waals surface area (Å²) in [5, 5.41) is 12.1. The Bertz CT molecular complexity index is 667. The zero-order valence-corrected chi connectivity index (χ0v) is 11.9. The van der Waals surface area contributed by atoms with E-state index in [1.165, 1.54) is 38.6 Å². The number of fused-ring (bicyclic) bond motifs is 1. The minimum atomic E-state index is -1.37. The van der Waals surface area contributed by atoms with Crippen molar-refractivity contribution in [2.24, 2.45) is 0 Å². The molecule has 116 valence electrons. The van der Waals surface area contributed by atoms with E-state index >= 15 is 0 Å². The molecule has 1 aromatic heterocycles. The molecule has 1 aliphatic carbocycles. The number of carbonyl (C=O) groups is 2. The maximum Gasteiger partial charge on any atom is 0.261 e. The normalized spacial score (nSPS) is 25.2. The molecule has 1 saturated heterocycles. The lowest BCUT2D eigenvalue weighted by molar-refractivity contribution is -0.194. The lowest BCUT2D eigenvalue weighted by Gasteiger charge is -2.33. The molecule has 3 rings (SSSR count). The van der Waals surface area contributed by atoms with Crippen molar-refractivity contribution in [3.63, 3.8) is 0 Å². The minimum Gasteiger partial charge on any atom is -0.493 e. The summed E-state index contributed by atoms with van der Waals surface area (Å²) in [6.07, 6.45) is 1.34. The van der Waals surface area contributed by atoms with Crippen molar-refractivity contribution in [2.45, 2.75) is 18.0 Å². The Labute approximate surface area is 125 Å². The Balaban J connectivity index is 1.91. The molecule has 1 amide bonds. The third kappa shape index (κ3) is 2.08. The van der Waals surface area contributed by atoms with Gasteiger partial charge in [-0.25, -0.2) is 4.98 Å². The molecule has 2 heterocycles. The standard InChI is InChI=1S/C14H14N2O6/c1-20-14(21-2)9(6-8(17)10-11(14)22-10)16-13(19)7-4-3-5-15-12(7)18/h3-6,10-11H,1-2H3,(H,15,18)(H,16,19). The summed E-state index contributed by atoms with van der Waals surface area (Å²) in [6.45, 7) is 0. The molecule has 0 aromatic carbocycles. The number of nitrogens with zero attached hydrogens (tertiary/aromatic N) is 1. The third-order valence-electron chi connectivity index (χ3n) is 3.69. The smallest absolute Gasteiger partial charge is 0.261 e. The van der Waals surface area contributed by atoms with Crippen molar-refractivity contribution in [1.82, 2.24) is 10.3 Å². The molecular weight excluding hydrogens is 292 g/mol. The van der Waals surface area contributed by atoms with Gasteiger partial charge in [-0.1, -0.05) is 0 Å². The van der Waals surface area contributed by atoms with Crippen LogP contribution < -0.4 is 5.32 Å². The van der Waals surface area contributed by atoms with Gasteiger partial charge in [0.2, 0.25) is 11.7 Å². The topological polar surface area (TPSA) is 110 Å².